The first-order valence-corrected chi connectivity index (χ1v) is 16.0. The summed E-state index contributed by atoms with van der Waals surface area (Å²) in [6.45, 7) is 1.29. The molecule has 3 aromatic carbocycles. The number of methoxy groups -OCH3 is 2. The summed E-state index contributed by atoms with van der Waals surface area (Å²) in [6, 6.07) is 19.4. The molecule has 224 valence electrons. The average Bonchev–Trinajstić information content (AvgIpc) is 3.52. The zero-order chi connectivity index (χ0) is 30.3. The number of sulfonamides is 1. The van der Waals surface area contributed by atoms with Gasteiger partial charge in [0.15, 0.2) is 11.5 Å². The molecule has 3 aromatic rings. The standard InChI is InChI=1S/C31H36BrN3O6S/c1-22(31(37)33-25-9-7-8-10-25)34(20-23-13-15-24(32)16-14-23)30(36)21-35(26-11-5-4-6-12-26)42(38,39)27-17-18-28(40-2)29(19-27)41-3/h4-6,11-19,22,25H,7-10,20-21H2,1-3H3,(H,33,37)/t22-/m0/s1. The van der Waals surface area contributed by atoms with Crippen LogP contribution >= 0.6 is 15.9 Å². The molecule has 9 nitrogen and oxygen atoms in total. The minimum Gasteiger partial charge on any atom is -0.493 e. The minimum atomic E-state index is -4.24. The van der Waals surface area contributed by atoms with Gasteiger partial charge >= 0.3 is 0 Å². The van der Waals surface area contributed by atoms with E-state index in [9.17, 15) is 18.0 Å². The Labute approximate surface area is 256 Å². The molecule has 1 N–H and O–H groups in total. The fraction of sp³-hybridized carbons (Fsp3) is 0.355. The van der Waals surface area contributed by atoms with Gasteiger partial charge in [0, 0.05) is 23.1 Å². The fourth-order valence-corrected chi connectivity index (χ4v) is 6.68. The number of ether oxygens (including phenoxy) is 2. The maximum absolute atomic E-state index is 14.1. The molecule has 1 aliphatic carbocycles. The fourth-order valence-electron chi connectivity index (χ4n) is 4.99. The number of halogens is 1. The Balaban J connectivity index is 1.69. The molecule has 0 heterocycles. The van der Waals surface area contributed by atoms with Gasteiger partial charge < -0.3 is 19.7 Å². The van der Waals surface area contributed by atoms with E-state index in [2.05, 4.69) is 21.2 Å². The van der Waals surface area contributed by atoms with Crippen LogP contribution in [-0.4, -0.2) is 58.0 Å². The van der Waals surface area contributed by atoms with Crippen LogP contribution in [0.25, 0.3) is 0 Å². The molecule has 42 heavy (non-hydrogen) atoms. The lowest BCUT2D eigenvalue weighted by Crippen LogP contribution is -2.52. The second kappa shape index (κ2) is 14.1. The highest BCUT2D eigenvalue weighted by atomic mass is 79.9. The van der Waals surface area contributed by atoms with E-state index >= 15 is 0 Å². The van der Waals surface area contributed by atoms with Gasteiger partial charge in [0.2, 0.25) is 11.8 Å². The lowest BCUT2D eigenvalue weighted by Gasteiger charge is -2.32. The van der Waals surface area contributed by atoms with Gasteiger partial charge in [-0.05, 0) is 61.7 Å². The van der Waals surface area contributed by atoms with Crippen LogP contribution in [0.15, 0.2) is 82.2 Å². The molecule has 0 spiro atoms. The third-order valence-corrected chi connectivity index (χ3v) is 9.70. The zero-order valence-electron chi connectivity index (χ0n) is 24.0. The number of carbonyl (C=O) groups excluding carboxylic acids is 2. The molecule has 1 fully saturated rings. The Kier molecular flexibility index (Phi) is 10.5. The number of amides is 2. The Hall–Kier alpha value is -3.57. The molecule has 11 heteroatoms. The van der Waals surface area contributed by atoms with Gasteiger partial charge in [-0.3, -0.25) is 13.9 Å². The Morgan fingerprint density at radius 3 is 2.21 bits per heavy atom. The smallest absolute Gasteiger partial charge is 0.264 e. The predicted octanol–water partition coefficient (Wildman–Crippen LogP) is 5.14. The van der Waals surface area contributed by atoms with Crippen molar-refractivity contribution < 1.29 is 27.5 Å². The molecule has 1 saturated carbocycles. The number of hydrogen-bond acceptors (Lipinski definition) is 6. The van der Waals surface area contributed by atoms with Crippen LogP contribution in [0.1, 0.15) is 38.2 Å². The van der Waals surface area contributed by atoms with Crippen LogP contribution in [-0.2, 0) is 26.2 Å². The lowest BCUT2D eigenvalue weighted by molar-refractivity contribution is -0.139. The van der Waals surface area contributed by atoms with Gasteiger partial charge in [-0.25, -0.2) is 8.42 Å². The maximum Gasteiger partial charge on any atom is 0.264 e. The molecule has 0 aromatic heterocycles. The van der Waals surface area contributed by atoms with E-state index < -0.39 is 28.5 Å². The number of rotatable bonds is 12. The van der Waals surface area contributed by atoms with Gasteiger partial charge in [0.05, 0.1) is 24.8 Å². The zero-order valence-corrected chi connectivity index (χ0v) is 26.4. The van der Waals surface area contributed by atoms with E-state index in [1.54, 1.807) is 37.3 Å². The number of carbonyl (C=O) groups is 2. The van der Waals surface area contributed by atoms with Crippen molar-refractivity contribution in [3.63, 3.8) is 0 Å². The third kappa shape index (κ3) is 7.43. The highest BCUT2D eigenvalue weighted by Crippen LogP contribution is 2.32. The molecule has 4 rings (SSSR count). The molecule has 2 amide bonds. The number of anilines is 1. The van der Waals surface area contributed by atoms with Crippen LogP contribution in [0, 0.1) is 0 Å². The molecular weight excluding hydrogens is 622 g/mol. The highest BCUT2D eigenvalue weighted by Gasteiger charge is 2.33. The number of benzene rings is 3. The summed E-state index contributed by atoms with van der Waals surface area (Å²) in [4.78, 5) is 28.8. The highest BCUT2D eigenvalue weighted by molar-refractivity contribution is 9.10. The first kappa shape index (κ1) is 31.4. The van der Waals surface area contributed by atoms with Crippen molar-refractivity contribution >= 4 is 43.5 Å². The largest absolute Gasteiger partial charge is 0.493 e. The summed E-state index contributed by atoms with van der Waals surface area (Å²) in [5.74, 6) is -0.158. The first-order valence-electron chi connectivity index (χ1n) is 13.8. The average molecular weight is 659 g/mol. The Morgan fingerprint density at radius 1 is 0.952 bits per heavy atom. The van der Waals surface area contributed by atoms with Crippen molar-refractivity contribution in [1.82, 2.24) is 10.2 Å². The molecule has 0 unspecified atom stereocenters. The molecule has 1 aliphatic rings. The Morgan fingerprint density at radius 2 is 1.60 bits per heavy atom. The van der Waals surface area contributed by atoms with Crippen LogP contribution in [0.5, 0.6) is 11.5 Å². The van der Waals surface area contributed by atoms with Gasteiger partial charge in [-0.2, -0.15) is 0 Å². The second-order valence-electron chi connectivity index (χ2n) is 10.2. The second-order valence-corrected chi connectivity index (χ2v) is 13.0. The molecule has 0 saturated heterocycles. The maximum atomic E-state index is 14.1. The number of nitrogens with zero attached hydrogens (tertiary/aromatic N) is 2. The summed E-state index contributed by atoms with van der Waals surface area (Å²) < 4.78 is 40.7. The summed E-state index contributed by atoms with van der Waals surface area (Å²) in [5.41, 5.74) is 1.12. The molecule has 0 radical (unpaired) electrons. The van der Waals surface area contributed by atoms with Crippen LogP contribution in [0.2, 0.25) is 0 Å². The molecular formula is C31H36BrN3O6S. The summed E-state index contributed by atoms with van der Waals surface area (Å²) in [6.07, 6.45) is 3.93. The third-order valence-electron chi connectivity index (χ3n) is 7.40. The van der Waals surface area contributed by atoms with Crippen LogP contribution in [0.3, 0.4) is 0 Å². The normalized spacial score (nSPS) is 14.2. The van der Waals surface area contributed by atoms with Crippen LogP contribution < -0.4 is 19.1 Å². The number of hydrogen-bond donors (Lipinski definition) is 1. The van der Waals surface area contributed by atoms with Gasteiger partial charge in [-0.15, -0.1) is 0 Å². The van der Waals surface area contributed by atoms with E-state index in [1.807, 2.05) is 24.3 Å². The molecule has 0 aliphatic heterocycles. The summed E-state index contributed by atoms with van der Waals surface area (Å²) in [5, 5.41) is 3.08. The quantitative estimate of drug-likeness (QED) is 0.289. The first-order chi connectivity index (χ1) is 20.1. The summed E-state index contributed by atoms with van der Waals surface area (Å²) in [7, 11) is -1.36. The van der Waals surface area contributed by atoms with Gasteiger partial charge in [-0.1, -0.05) is 59.1 Å². The van der Waals surface area contributed by atoms with Gasteiger partial charge in [0.1, 0.15) is 12.6 Å². The van der Waals surface area contributed by atoms with Crippen molar-refractivity contribution in [3.8, 4) is 11.5 Å². The lowest BCUT2D eigenvalue weighted by atomic mass is 10.1. The number of para-hydroxylation sites is 1. The predicted molar refractivity (Wildman–Crippen MR) is 165 cm³/mol. The van der Waals surface area contributed by atoms with E-state index in [-0.39, 0.29) is 29.1 Å². The van der Waals surface area contributed by atoms with Crippen molar-refractivity contribution in [1.29, 1.82) is 0 Å². The van der Waals surface area contributed by atoms with E-state index in [1.165, 1.54) is 37.3 Å². The SMILES string of the molecule is COc1ccc(S(=O)(=O)N(CC(=O)N(Cc2ccc(Br)cc2)[C@@H](C)C(=O)NC2CCCC2)c2ccccc2)cc1OC. The summed E-state index contributed by atoms with van der Waals surface area (Å²) >= 11 is 3.43. The van der Waals surface area contributed by atoms with Crippen molar-refractivity contribution in [2.45, 2.75) is 56.1 Å². The topological polar surface area (TPSA) is 105 Å². The Bertz CT molecular complexity index is 1480. The molecule has 1 atom stereocenters. The van der Waals surface area contributed by atoms with Gasteiger partial charge in [0.25, 0.3) is 10.0 Å². The molecule has 0 bridgehead atoms. The van der Waals surface area contributed by atoms with Crippen molar-refractivity contribution in [2.75, 3.05) is 25.1 Å². The van der Waals surface area contributed by atoms with E-state index in [0.29, 0.717) is 11.4 Å². The van der Waals surface area contributed by atoms with Crippen molar-refractivity contribution in [2.24, 2.45) is 0 Å². The minimum absolute atomic E-state index is 0.0664. The van der Waals surface area contributed by atoms with Crippen molar-refractivity contribution in [3.05, 3.63) is 82.8 Å². The van der Waals surface area contributed by atoms with Crippen LogP contribution in [0.4, 0.5) is 5.69 Å². The van der Waals surface area contributed by atoms with E-state index in [0.717, 1.165) is 40.0 Å². The number of nitrogens with one attached hydrogen (secondary N) is 1. The van der Waals surface area contributed by atoms with E-state index in [4.69, 9.17) is 9.47 Å². The monoisotopic (exact) mass is 657 g/mol.